The highest BCUT2D eigenvalue weighted by molar-refractivity contribution is 5.90. The monoisotopic (exact) mass is 383 g/mol. The Kier molecular flexibility index (Phi) is 5.67. The Bertz CT molecular complexity index is 971. The molecular formula is C18H25N9O. The van der Waals surface area contributed by atoms with Crippen LogP contribution >= 0.6 is 0 Å². The number of hydrogen-bond donors (Lipinski definition) is 3. The second-order valence-electron chi connectivity index (χ2n) is 7.02. The average Bonchev–Trinajstić information content (AvgIpc) is 3.11. The first kappa shape index (κ1) is 19.5. The number of nitrogen functional groups attached to an aromatic ring is 1. The molecule has 0 radical (unpaired) electrons. The van der Waals surface area contributed by atoms with Gasteiger partial charge < -0.3 is 16.4 Å². The lowest BCUT2D eigenvalue weighted by molar-refractivity contribution is 0.0935. The van der Waals surface area contributed by atoms with Crippen molar-refractivity contribution < 1.29 is 4.79 Å². The molecule has 148 valence electrons. The molecule has 1 amide bonds. The molecule has 0 aliphatic rings. The molecule has 3 rings (SSSR count). The van der Waals surface area contributed by atoms with Gasteiger partial charge in [-0.3, -0.25) is 14.5 Å². The number of hydrogen-bond acceptors (Lipinski definition) is 8. The molecule has 10 heteroatoms. The summed E-state index contributed by atoms with van der Waals surface area (Å²) in [7, 11) is 1.72. The fourth-order valence-corrected chi connectivity index (χ4v) is 2.92. The molecule has 0 saturated carbocycles. The van der Waals surface area contributed by atoms with E-state index < -0.39 is 5.54 Å². The number of anilines is 2. The van der Waals surface area contributed by atoms with E-state index in [9.17, 15) is 4.79 Å². The molecule has 0 aromatic carbocycles. The second kappa shape index (κ2) is 8.15. The van der Waals surface area contributed by atoms with Gasteiger partial charge in [0.05, 0.1) is 11.1 Å². The van der Waals surface area contributed by atoms with Crippen molar-refractivity contribution in [1.82, 2.24) is 35.0 Å². The molecule has 0 unspecified atom stereocenters. The lowest BCUT2D eigenvalue weighted by atomic mass is 9.94. The van der Waals surface area contributed by atoms with E-state index in [0.29, 0.717) is 23.4 Å². The van der Waals surface area contributed by atoms with Crippen molar-refractivity contribution in [2.45, 2.75) is 38.6 Å². The zero-order valence-corrected chi connectivity index (χ0v) is 16.3. The molecular weight excluding hydrogens is 358 g/mol. The topological polar surface area (TPSA) is 137 Å². The number of aryl methyl sites for hydroxylation is 1. The van der Waals surface area contributed by atoms with Gasteiger partial charge in [0.1, 0.15) is 11.8 Å². The van der Waals surface area contributed by atoms with Gasteiger partial charge in [0, 0.05) is 19.8 Å². The fourth-order valence-electron chi connectivity index (χ4n) is 2.92. The number of pyridine rings is 1. The van der Waals surface area contributed by atoms with Crippen LogP contribution in [0.1, 0.15) is 43.7 Å². The molecule has 10 nitrogen and oxygen atoms in total. The van der Waals surface area contributed by atoms with E-state index >= 15 is 0 Å². The molecule has 0 bridgehead atoms. The Balaban J connectivity index is 1.82. The number of fused-ring (bicyclic) bond motifs is 1. The number of nitrogens with two attached hydrogens (primary N) is 1. The number of nitrogens with zero attached hydrogens (tertiary/aromatic N) is 6. The molecule has 3 aromatic heterocycles. The third-order valence-electron chi connectivity index (χ3n) is 4.42. The van der Waals surface area contributed by atoms with Gasteiger partial charge in [-0.15, -0.1) is 5.10 Å². The summed E-state index contributed by atoms with van der Waals surface area (Å²) in [6.45, 7) is 4.51. The van der Waals surface area contributed by atoms with Gasteiger partial charge in [0.25, 0.3) is 5.91 Å². The SMILES string of the molecule is CCCC[C@](C)(CNC(=O)c1ncn(C)n1)Nc1nc(N)nc2cccnc12. The lowest BCUT2D eigenvalue weighted by Crippen LogP contribution is -2.47. The summed E-state index contributed by atoms with van der Waals surface area (Å²) in [5.41, 5.74) is 6.70. The van der Waals surface area contributed by atoms with Crippen molar-refractivity contribution >= 4 is 28.7 Å². The van der Waals surface area contributed by atoms with Crippen LogP contribution in [0.2, 0.25) is 0 Å². The van der Waals surface area contributed by atoms with E-state index in [1.54, 1.807) is 19.3 Å². The number of carbonyl (C=O) groups is 1. The maximum absolute atomic E-state index is 12.4. The molecule has 0 saturated heterocycles. The number of aromatic nitrogens is 6. The predicted octanol–water partition coefficient (Wildman–Crippen LogP) is 1.53. The Morgan fingerprint density at radius 1 is 1.32 bits per heavy atom. The van der Waals surface area contributed by atoms with Crippen LogP contribution in [-0.4, -0.2) is 47.7 Å². The lowest BCUT2D eigenvalue weighted by Gasteiger charge is -2.32. The summed E-state index contributed by atoms with van der Waals surface area (Å²) >= 11 is 0. The van der Waals surface area contributed by atoms with Gasteiger partial charge in [-0.25, -0.2) is 9.97 Å². The number of unbranched alkanes of at least 4 members (excludes halogenated alkanes) is 1. The minimum atomic E-state index is -0.467. The van der Waals surface area contributed by atoms with Gasteiger partial charge in [-0.2, -0.15) is 4.98 Å². The normalized spacial score (nSPS) is 13.2. The zero-order valence-electron chi connectivity index (χ0n) is 16.3. The van der Waals surface area contributed by atoms with Crippen LogP contribution in [0.5, 0.6) is 0 Å². The summed E-state index contributed by atoms with van der Waals surface area (Å²) < 4.78 is 1.49. The third-order valence-corrected chi connectivity index (χ3v) is 4.42. The first-order valence-electron chi connectivity index (χ1n) is 9.20. The zero-order chi connectivity index (χ0) is 20.1. The molecule has 4 N–H and O–H groups in total. The van der Waals surface area contributed by atoms with E-state index in [0.717, 1.165) is 19.3 Å². The number of rotatable bonds is 8. The minimum Gasteiger partial charge on any atom is -0.368 e. The Labute approximate surface area is 163 Å². The third kappa shape index (κ3) is 4.51. The second-order valence-corrected chi connectivity index (χ2v) is 7.02. The Morgan fingerprint density at radius 3 is 2.86 bits per heavy atom. The van der Waals surface area contributed by atoms with Gasteiger partial charge >= 0.3 is 0 Å². The van der Waals surface area contributed by atoms with Crippen molar-refractivity contribution in [2.75, 3.05) is 17.6 Å². The van der Waals surface area contributed by atoms with Crippen LogP contribution in [-0.2, 0) is 7.05 Å². The van der Waals surface area contributed by atoms with E-state index in [4.69, 9.17) is 5.73 Å². The number of amides is 1. The molecule has 28 heavy (non-hydrogen) atoms. The number of carbonyl (C=O) groups excluding carboxylic acids is 1. The smallest absolute Gasteiger partial charge is 0.291 e. The van der Waals surface area contributed by atoms with Crippen molar-refractivity contribution in [3.05, 3.63) is 30.5 Å². The summed E-state index contributed by atoms with van der Waals surface area (Å²) in [6.07, 6.45) is 6.00. The molecule has 0 fully saturated rings. The van der Waals surface area contributed by atoms with E-state index in [1.807, 2.05) is 13.0 Å². The fraction of sp³-hybridized carbons (Fsp3) is 0.444. The largest absolute Gasteiger partial charge is 0.368 e. The summed E-state index contributed by atoms with van der Waals surface area (Å²) in [6, 6.07) is 3.64. The van der Waals surface area contributed by atoms with E-state index in [-0.39, 0.29) is 17.7 Å². The quantitative estimate of drug-likeness (QED) is 0.532. The highest BCUT2D eigenvalue weighted by atomic mass is 16.2. The van der Waals surface area contributed by atoms with Crippen LogP contribution in [0.4, 0.5) is 11.8 Å². The number of nitrogens with one attached hydrogen (secondary N) is 2. The maximum atomic E-state index is 12.4. The van der Waals surface area contributed by atoms with Crippen molar-refractivity contribution in [1.29, 1.82) is 0 Å². The highest BCUT2D eigenvalue weighted by Crippen LogP contribution is 2.25. The molecule has 0 spiro atoms. The van der Waals surface area contributed by atoms with Gasteiger partial charge in [0.15, 0.2) is 5.82 Å². The van der Waals surface area contributed by atoms with Crippen LogP contribution in [0.3, 0.4) is 0 Å². The van der Waals surface area contributed by atoms with E-state index in [1.165, 1.54) is 11.0 Å². The first-order valence-corrected chi connectivity index (χ1v) is 9.20. The van der Waals surface area contributed by atoms with Crippen molar-refractivity contribution in [3.63, 3.8) is 0 Å². The molecule has 0 aliphatic heterocycles. The molecule has 3 aromatic rings. The maximum Gasteiger partial charge on any atom is 0.291 e. The van der Waals surface area contributed by atoms with Gasteiger partial charge in [-0.05, 0) is 25.5 Å². The first-order chi connectivity index (χ1) is 13.4. The minimum absolute atomic E-state index is 0.138. The van der Waals surface area contributed by atoms with Crippen LogP contribution in [0.25, 0.3) is 11.0 Å². The summed E-state index contributed by atoms with van der Waals surface area (Å²) in [5.74, 6) is 0.531. The van der Waals surface area contributed by atoms with Crippen LogP contribution < -0.4 is 16.4 Å². The molecule has 3 heterocycles. The van der Waals surface area contributed by atoms with Crippen LogP contribution in [0, 0.1) is 0 Å². The molecule has 0 aliphatic carbocycles. The Hall–Kier alpha value is -3.30. The highest BCUT2D eigenvalue weighted by Gasteiger charge is 2.27. The van der Waals surface area contributed by atoms with Gasteiger partial charge in [0.2, 0.25) is 11.8 Å². The van der Waals surface area contributed by atoms with Crippen LogP contribution in [0.15, 0.2) is 24.7 Å². The Morgan fingerprint density at radius 2 is 2.14 bits per heavy atom. The van der Waals surface area contributed by atoms with Crippen molar-refractivity contribution in [3.8, 4) is 0 Å². The van der Waals surface area contributed by atoms with E-state index in [2.05, 4.69) is 42.6 Å². The summed E-state index contributed by atoms with van der Waals surface area (Å²) in [4.78, 5) is 29.3. The van der Waals surface area contributed by atoms with Crippen molar-refractivity contribution in [2.24, 2.45) is 7.05 Å². The molecule has 1 atom stereocenters. The predicted molar refractivity (Wildman–Crippen MR) is 107 cm³/mol. The van der Waals surface area contributed by atoms with Gasteiger partial charge in [-0.1, -0.05) is 19.8 Å². The standard InChI is InChI=1S/C18H25N9O/c1-4-5-8-18(2,10-21-16(28)15-22-11-27(3)26-15)25-14-13-12(7-6-9-20-13)23-17(19)24-14/h6-7,9,11H,4-5,8,10H2,1-3H3,(H,21,28)(H3,19,23,24,25)/t18-/m1/s1. The summed E-state index contributed by atoms with van der Waals surface area (Å²) in [5, 5.41) is 10.4. The average molecular weight is 383 g/mol.